The van der Waals surface area contributed by atoms with Crippen LogP contribution in [0.4, 0.5) is 0 Å². The van der Waals surface area contributed by atoms with Crippen molar-refractivity contribution in [3.05, 3.63) is 33.8 Å². The van der Waals surface area contributed by atoms with E-state index in [4.69, 9.17) is 33.7 Å². The zero-order valence-electron chi connectivity index (χ0n) is 9.92. The molecule has 1 aromatic rings. The van der Waals surface area contributed by atoms with Gasteiger partial charge < -0.3 is 15.8 Å². The number of carbonyl (C=O) groups is 1. The minimum Gasteiger partial charge on any atom is -0.370 e. The van der Waals surface area contributed by atoms with Crippen LogP contribution in [0, 0.1) is 0 Å². The lowest BCUT2D eigenvalue weighted by atomic mass is 10.1. The molecule has 0 aliphatic heterocycles. The summed E-state index contributed by atoms with van der Waals surface area (Å²) in [6.45, 7) is 1.34. The van der Waals surface area contributed by atoms with Gasteiger partial charge in [0, 0.05) is 23.1 Å². The number of nitrogens with one attached hydrogen (secondary N) is 1. The number of halogens is 2. The molecule has 3 N–H and O–H groups in total. The van der Waals surface area contributed by atoms with Crippen LogP contribution < -0.4 is 11.1 Å². The van der Waals surface area contributed by atoms with Gasteiger partial charge in [-0.3, -0.25) is 4.79 Å². The molecule has 1 amide bonds. The van der Waals surface area contributed by atoms with Crippen molar-refractivity contribution in [1.29, 1.82) is 0 Å². The Morgan fingerprint density at radius 1 is 1.39 bits per heavy atom. The standard InChI is InChI=1S/C12H16Cl2N2O2/c13-10-2-1-9(11(14)7-10)3-5-16-12(17)8-18-6-4-15/h1-2,7H,3-6,8,15H2,(H,16,17). The molecule has 0 saturated carbocycles. The predicted octanol–water partition coefficient (Wildman–Crippen LogP) is 1.63. The van der Waals surface area contributed by atoms with Gasteiger partial charge in [0.2, 0.25) is 5.91 Å². The fraction of sp³-hybridized carbons (Fsp3) is 0.417. The molecule has 0 heterocycles. The number of ether oxygens (including phenoxy) is 1. The fourth-order valence-corrected chi connectivity index (χ4v) is 1.86. The number of carbonyl (C=O) groups excluding carboxylic acids is 1. The first kappa shape index (κ1) is 15.2. The summed E-state index contributed by atoms with van der Waals surface area (Å²) in [5.74, 6) is -0.159. The monoisotopic (exact) mass is 290 g/mol. The Hall–Kier alpha value is -0.810. The van der Waals surface area contributed by atoms with Gasteiger partial charge in [0.25, 0.3) is 0 Å². The third-order valence-electron chi connectivity index (χ3n) is 2.23. The Labute approximate surface area is 116 Å². The van der Waals surface area contributed by atoms with Crippen molar-refractivity contribution < 1.29 is 9.53 Å². The van der Waals surface area contributed by atoms with Gasteiger partial charge in [-0.05, 0) is 24.1 Å². The van der Waals surface area contributed by atoms with Crippen LogP contribution in [0.2, 0.25) is 10.0 Å². The van der Waals surface area contributed by atoms with Crippen LogP contribution in [0.5, 0.6) is 0 Å². The highest BCUT2D eigenvalue weighted by Crippen LogP contribution is 2.20. The average Bonchev–Trinajstić information content (AvgIpc) is 2.32. The molecule has 0 atom stereocenters. The summed E-state index contributed by atoms with van der Waals surface area (Å²) in [5, 5.41) is 3.94. The highest BCUT2D eigenvalue weighted by Gasteiger charge is 2.03. The topological polar surface area (TPSA) is 64.3 Å². The molecular weight excluding hydrogens is 275 g/mol. The maximum Gasteiger partial charge on any atom is 0.246 e. The van der Waals surface area contributed by atoms with E-state index in [0.717, 1.165) is 5.56 Å². The average molecular weight is 291 g/mol. The van der Waals surface area contributed by atoms with E-state index in [1.54, 1.807) is 12.1 Å². The Kier molecular flexibility index (Phi) is 7.05. The highest BCUT2D eigenvalue weighted by molar-refractivity contribution is 6.35. The van der Waals surface area contributed by atoms with Gasteiger partial charge in [-0.2, -0.15) is 0 Å². The van der Waals surface area contributed by atoms with Crippen LogP contribution in [0.15, 0.2) is 18.2 Å². The number of hydrogen-bond acceptors (Lipinski definition) is 3. The minimum absolute atomic E-state index is 0.0333. The first-order chi connectivity index (χ1) is 8.63. The Balaban J connectivity index is 2.26. The van der Waals surface area contributed by atoms with Crippen molar-refractivity contribution in [1.82, 2.24) is 5.32 Å². The summed E-state index contributed by atoms with van der Waals surface area (Å²) < 4.78 is 5.01. The zero-order valence-corrected chi connectivity index (χ0v) is 11.4. The molecule has 0 aromatic heterocycles. The van der Waals surface area contributed by atoms with E-state index in [9.17, 15) is 4.79 Å². The molecule has 0 bridgehead atoms. The zero-order chi connectivity index (χ0) is 13.4. The summed E-state index contributed by atoms with van der Waals surface area (Å²) in [6, 6.07) is 5.31. The minimum atomic E-state index is -0.159. The third kappa shape index (κ3) is 5.69. The molecule has 1 aromatic carbocycles. The SMILES string of the molecule is NCCOCC(=O)NCCc1ccc(Cl)cc1Cl. The molecule has 6 heteroatoms. The van der Waals surface area contributed by atoms with Crippen molar-refractivity contribution in [2.45, 2.75) is 6.42 Å². The van der Waals surface area contributed by atoms with Crippen LogP contribution in [0.1, 0.15) is 5.56 Å². The quantitative estimate of drug-likeness (QED) is 0.750. The van der Waals surface area contributed by atoms with Gasteiger partial charge >= 0.3 is 0 Å². The Bertz CT molecular complexity index is 400. The van der Waals surface area contributed by atoms with Crippen LogP contribution in [-0.4, -0.2) is 32.2 Å². The summed E-state index contributed by atoms with van der Waals surface area (Å²) >= 11 is 11.8. The number of hydrogen-bond donors (Lipinski definition) is 2. The molecule has 0 spiro atoms. The summed E-state index contributed by atoms with van der Waals surface area (Å²) in [5.41, 5.74) is 6.19. The number of amides is 1. The normalized spacial score (nSPS) is 10.4. The van der Waals surface area contributed by atoms with Gasteiger partial charge in [0.15, 0.2) is 0 Å². The highest BCUT2D eigenvalue weighted by atomic mass is 35.5. The van der Waals surface area contributed by atoms with Crippen molar-refractivity contribution in [3.8, 4) is 0 Å². The molecule has 100 valence electrons. The van der Waals surface area contributed by atoms with E-state index >= 15 is 0 Å². The largest absolute Gasteiger partial charge is 0.370 e. The van der Waals surface area contributed by atoms with Gasteiger partial charge in [0.05, 0.1) is 6.61 Å². The maximum absolute atomic E-state index is 11.3. The van der Waals surface area contributed by atoms with Gasteiger partial charge in [-0.15, -0.1) is 0 Å². The fourth-order valence-electron chi connectivity index (χ4n) is 1.36. The number of nitrogens with two attached hydrogens (primary N) is 1. The Morgan fingerprint density at radius 2 is 2.17 bits per heavy atom. The number of benzene rings is 1. The van der Waals surface area contributed by atoms with E-state index in [2.05, 4.69) is 5.32 Å². The first-order valence-electron chi connectivity index (χ1n) is 5.62. The lowest BCUT2D eigenvalue weighted by Gasteiger charge is -2.07. The first-order valence-corrected chi connectivity index (χ1v) is 6.37. The van der Waals surface area contributed by atoms with E-state index in [0.29, 0.717) is 36.2 Å². The van der Waals surface area contributed by atoms with Gasteiger partial charge in [0.1, 0.15) is 6.61 Å². The van der Waals surface area contributed by atoms with Crippen molar-refractivity contribution in [2.24, 2.45) is 5.73 Å². The van der Waals surface area contributed by atoms with Gasteiger partial charge in [-0.1, -0.05) is 29.3 Å². The molecule has 18 heavy (non-hydrogen) atoms. The third-order valence-corrected chi connectivity index (χ3v) is 2.81. The van der Waals surface area contributed by atoms with Crippen molar-refractivity contribution in [2.75, 3.05) is 26.3 Å². The van der Waals surface area contributed by atoms with E-state index in [-0.39, 0.29) is 12.5 Å². The molecule has 0 fully saturated rings. The summed E-state index contributed by atoms with van der Waals surface area (Å²) in [4.78, 5) is 11.3. The van der Waals surface area contributed by atoms with Crippen molar-refractivity contribution in [3.63, 3.8) is 0 Å². The Morgan fingerprint density at radius 3 is 2.83 bits per heavy atom. The second-order valence-electron chi connectivity index (χ2n) is 3.68. The van der Waals surface area contributed by atoms with E-state index in [1.807, 2.05) is 6.07 Å². The van der Waals surface area contributed by atoms with Crippen LogP contribution >= 0.6 is 23.2 Å². The van der Waals surface area contributed by atoms with Crippen LogP contribution in [0.3, 0.4) is 0 Å². The molecule has 4 nitrogen and oxygen atoms in total. The molecule has 1 rings (SSSR count). The lowest BCUT2D eigenvalue weighted by molar-refractivity contribution is -0.125. The lowest BCUT2D eigenvalue weighted by Crippen LogP contribution is -2.30. The molecular formula is C12H16Cl2N2O2. The molecule has 0 aliphatic rings. The van der Waals surface area contributed by atoms with Gasteiger partial charge in [-0.25, -0.2) is 0 Å². The van der Waals surface area contributed by atoms with Crippen LogP contribution in [-0.2, 0) is 16.0 Å². The predicted molar refractivity (Wildman–Crippen MR) is 73.0 cm³/mol. The molecule has 0 saturated heterocycles. The maximum atomic E-state index is 11.3. The van der Waals surface area contributed by atoms with Crippen molar-refractivity contribution >= 4 is 29.1 Å². The van der Waals surface area contributed by atoms with E-state index < -0.39 is 0 Å². The number of rotatable bonds is 7. The molecule has 0 radical (unpaired) electrons. The second kappa shape index (κ2) is 8.32. The molecule has 0 aliphatic carbocycles. The van der Waals surface area contributed by atoms with E-state index in [1.165, 1.54) is 0 Å². The summed E-state index contributed by atoms with van der Waals surface area (Å²) in [6.07, 6.45) is 0.651. The van der Waals surface area contributed by atoms with Crippen LogP contribution in [0.25, 0.3) is 0 Å². The second-order valence-corrected chi connectivity index (χ2v) is 4.52. The molecule has 0 unspecified atom stereocenters. The summed E-state index contributed by atoms with van der Waals surface area (Å²) in [7, 11) is 0. The smallest absolute Gasteiger partial charge is 0.246 e.